The highest BCUT2D eigenvalue weighted by atomic mass is 33.1. The minimum absolute atomic E-state index is 1.09. The topological polar surface area (TPSA) is 12.9 Å². The Labute approximate surface area is 69.0 Å². The molecule has 1 nitrogen and oxygen atoms in total. The summed E-state index contributed by atoms with van der Waals surface area (Å²) in [5, 5.41) is 1.09. The maximum Gasteiger partial charge on any atom is 0.106 e. The highest BCUT2D eigenvalue weighted by molar-refractivity contribution is 8.76. The van der Waals surface area contributed by atoms with Crippen LogP contribution in [-0.4, -0.2) is 10.7 Å². The second-order valence-corrected chi connectivity index (χ2v) is 4.26. The van der Waals surface area contributed by atoms with Gasteiger partial charge < -0.3 is 0 Å². The van der Waals surface area contributed by atoms with Crippen LogP contribution in [0, 0.1) is 0 Å². The Hall–Kier alpha value is -0.150. The number of hydrogen-bond donors (Lipinski definition) is 0. The molecule has 1 aromatic heterocycles. The lowest BCUT2D eigenvalue weighted by Gasteiger charge is -1.94. The zero-order valence-corrected chi connectivity index (χ0v) is 7.41. The van der Waals surface area contributed by atoms with Crippen LogP contribution in [0.5, 0.6) is 0 Å². The van der Waals surface area contributed by atoms with Gasteiger partial charge in [-0.3, -0.25) is 0 Å². The molecule has 54 valence electrons. The molecule has 1 aromatic rings. The van der Waals surface area contributed by atoms with Gasteiger partial charge in [0.1, 0.15) is 5.03 Å². The van der Waals surface area contributed by atoms with Gasteiger partial charge in [-0.15, -0.1) is 0 Å². The normalized spacial score (nSPS) is 9.70. The fraction of sp³-hybridized carbons (Fsp3) is 0.286. The molecule has 0 aliphatic carbocycles. The van der Waals surface area contributed by atoms with Crippen LogP contribution in [0.2, 0.25) is 0 Å². The minimum Gasteiger partial charge on any atom is -0.249 e. The number of aromatic nitrogens is 1. The van der Waals surface area contributed by atoms with Gasteiger partial charge in [-0.25, -0.2) is 4.98 Å². The predicted octanol–water partition coefficient (Wildman–Crippen LogP) is 2.84. The average molecular weight is 171 g/mol. The third kappa shape index (κ3) is 2.62. The maximum atomic E-state index is 4.16. The molecule has 0 unspecified atom stereocenters. The largest absolute Gasteiger partial charge is 0.249 e. The molecule has 0 aliphatic rings. The van der Waals surface area contributed by atoms with Crippen LogP contribution in [0.3, 0.4) is 0 Å². The van der Waals surface area contributed by atoms with Gasteiger partial charge in [0, 0.05) is 11.9 Å². The zero-order valence-electron chi connectivity index (χ0n) is 5.78. The van der Waals surface area contributed by atoms with E-state index in [-0.39, 0.29) is 0 Å². The monoisotopic (exact) mass is 171 g/mol. The number of nitrogens with zero attached hydrogens (tertiary/aromatic N) is 1. The first kappa shape index (κ1) is 7.95. The summed E-state index contributed by atoms with van der Waals surface area (Å²) in [6.45, 7) is 2.14. The summed E-state index contributed by atoms with van der Waals surface area (Å²) in [5.74, 6) is 1.13. The van der Waals surface area contributed by atoms with Crippen LogP contribution in [0.4, 0.5) is 0 Å². The van der Waals surface area contributed by atoms with Crippen molar-refractivity contribution in [2.75, 3.05) is 5.75 Å². The fourth-order valence-corrected chi connectivity index (χ4v) is 2.00. The molecule has 0 aromatic carbocycles. The van der Waals surface area contributed by atoms with Gasteiger partial charge in [-0.05, 0) is 22.9 Å². The number of hydrogen-bond acceptors (Lipinski definition) is 3. The molecule has 0 saturated heterocycles. The Kier molecular flexibility index (Phi) is 3.68. The van der Waals surface area contributed by atoms with Crippen LogP contribution >= 0.6 is 21.6 Å². The molecular weight excluding hydrogens is 162 g/mol. The van der Waals surface area contributed by atoms with Crippen molar-refractivity contribution in [3.8, 4) is 0 Å². The number of rotatable bonds is 3. The van der Waals surface area contributed by atoms with E-state index in [1.54, 1.807) is 10.8 Å². The molecule has 10 heavy (non-hydrogen) atoms. The smallest absolute Gasteiger partial charge is 0.106 e. The lowest BCUT2D eigenvalue weighted by atomic mass is 10.5. The van der Waals surface area contributed by atoms with Crippen molar-refractivity contribution >= 4 is 21.6 Å². The quantitative estimate of drug-likeness (QED) is 0.649. The van der Waals surface area contributed by atoms with E-state index < -0.39 is 0 Å². The molecule has 0 bridgehead atoms. The lowest BCUT2D eigenvalue weighted by Crippen LogP contribution is -1.72. The average Bonchev–Trinajstić information content (AvgIpc) is 2.03. The van der Waals surface area contributed by atoms with Gasteiger partial charge in [0.25, 0.3) is 0 Å². The maximum absolute atomic E-state index is 4.16. The molecule has 1 heterocycles. The van der Waals surface area contributed by atoms with Crippen LogP contribution < -0.4 is 0 Å². The van der Waals surface area contributed by atoms with Crippen molar-refractivity contribution in [1.82, 2.24) is 4.98 Å². The highest BCUT2D eigenvalue weighted by Crippen LogP contribution is 2.27. The van der Waals surface area contributed by atoms with Gasteiger partial charge in [-0.2, -0.15) is 0 Å². The standard InChI is InChI=1S/C7H9NS2/c1-2-9-10-7-5-3-4-6-8-7/h3-6H,2H2,1H3. The number of pyridine rings is 1. The van der Waals surface area contributed by atoms with Crippen molar-refractivity contribution < 1.29 is 0 Å². The molecule has 0 amide bonds. The van der Waals surface area contributed by atoms with Crippen molar-refractivity contribution in [1.29, 1.82) is 0 Å². The fourth-order valence-electron chi connectivity index (χ4n) is 0.516. The third-order valence-electron chi connectivity index (χ3n) is 0.900. The van der Waals surface area contributed by atoms with Crippen LogP contribution in [0.1, 0.15) is 6.92 Å². The van der Waals surface area contributed by atoms with Crippen LogP contribution in [0.15, 0.2) is 29.4 Å². The van der Waals surface area contributed by atoms with Crippen molar-refractivity contribution in [2.45, 2.75) is 11.9 Å². The van der Waals surface area contributed by atoms with Crippen molar-refractivity contribution in [3.05, 3.63) is 24.4 Å². The summed E-state index contributed by atoms with van der Waals surface area (Å²) in [6, 6.07) is 5.96. The molecule has 0 saturated carbocycles. The Balaban J connectivity index is 2.43. The summed E-state index contributed by atoms with van der Waals surface area (Å²) in [7, 11) is 3.54. The van der Waals surface area contributed by atoms with Crippen LogP contribution in [0.25, 0.3) is 0 Å². The Morgan fingerprint density at radius 3 is 3.00 bits per heavy atom. The molecule has 0 radical (unpaired) electrons. The molecule has 0 spiro atoms. The minimum atomic E-state index is 1.09. The van der Waals surface area contributed by atoms with Crippen molar-refractivity contribution in [3.63, 3.8) is 0 Å². The first-order chi connectivity index (χ1) is 4.93. The highest BCUT2D eigenvalue weighted by Gasteiger charge is 1.90. The van der Waals surface area contributed by atoms with Gasteiger partial charge in [-0.1, -0.05) is 23.8 Å². The zero-order chi connectivity index (χ0) is 7.23. The van der Waals surface area contributed by atoms with E-state index in [1.807, 2.05) is 35.2 Å². The van der Waals surface area contributed by atoms with E-state index in [0.29, 0.717) is 0 Å². The van der Waals surface area contributed by atoms with E-state index in [2.05, 4.69) is 11.9 Å². The molecule has 0 N–H and O–H groups in total. The molecular formula is C7H9NS2. The summed E-state index contributed by atoms with van der Waals surface area (Å²) in [6.07, 6.45) is 1.82. The molecule has 0 fully saturated rings. The second kappa shape index (κ2) is 4.63. The van der Waals surface area contributed by atoms with Gasteiger partial charge in [0.2, 0.25) is 0 Å². The summed E-state index contributed by atoms with van der Waals surface area (Å²) >= 11 is 0. The molecule has 1 rings (SSSR count). The van der Waals surface area contributed by atoms with E-state index in [4.69, 9.17) is 0 Å². The third-order valence-corrected chi connectivity index (χ3v) is 3.24. The summed E-state index contributed by atoms with van der Waals surface area (Å²) < 4.78 is 0. The van der Waals surface area contributed by atoms with Gasteiger partial charge in [0.05, 0.1) is 0 Å². The first-order valence-corrected chi connectivity index (χ1v) is 5.46. The lowest BCUT2D eigenvalue weighted by molar-refractivity contribution is 1.14. The molecule has 0 aliphatic heterocycles. The van der Waals surface area contributed by atoms with E-state index >= 15 is 0 Å². The SMILES string of the molecule is CCSSc1ccccn1. The van der Waals surface area contributed by atoms with E-state index in [0.717, 1.165) is 10.8 Å². The Bertz CT molecular complexity index is 176. The van der Waals surface area contributed by atoms with E-state index in [1.165, 1.54) is 0 Å². The predicted molar refractivity (Wildman–Crippen MR) is 48.2 cm³/mol. The Morgan fingerprint density at radius 1 is 1.50 bits per heavy atom. The van der Waals surface area contributed by atoms with Gasteiger partial charge >= 0.3 is 0 Å². The second-order valence-electron chi connectivity index (χ2n) is 1.66. The molecule has 3 heteroatoms. The Morgan fingerprint density at radius 2 is 2.40 bits per heavy atom. The summed E-state index contributed by atoms with van der Waals surface area (Å²) in [4.78, 5) is 4.16. The van der Waals surface area contributed by atoms with Crippen LogP contribution in [-0.2, 0) is 0 Å². The first-order valence-electron chi connectivity index (χ1n) is 3.14. The molecule has 0 atom stereocenters. The van der Waals surface area contributed by atoms with E-state index in [9.17, 15) is 0 Å². The van der Waals surface area contributed by atoms with Crippen molar-refractivity contribution in [2.24, 2.45) is 0 Å². The summed E-state index contributed by atoms with van der Waals surface area (Å²) in [5.41, 5.74) is 0. The van der Waals surface area contributed by atoms with Gasteiger partial charge in [0.15, 0.2) is 0 Å².